The summed E-state index contributed by atoms with van der Waals surface area (Å²) in [6, 6.07) is 6.75. The molecule has 52 valence electrons. The maximum atomic E-state index is 10.3. The van der Waals surface area contributed by atoms with Gasteiger partial charge in [0.15, 0.2) is 0 Å². The second-order valence-electron chi connectivity index (χ2n) is 2.10. The molecule has 0 spiro atoms. The summed E-state index contributed by atoms with van der Waals surface area (Å²) < 4.78 is 0. The number of aryl methyl sites for hydroxylation is 1. The summed E-state index contributed by atoms with van der Waals surface area (Å²) >= 11 is 0. The van der Waals surface area contributed by atoms with Crippen LogP contribution < -0.4 is 5.11 Å². The molecule has 1 aromatic carbocycles. The fourth-order valence-corrected chi connectivity index (χ4v) is 0.802. The van der Waals surface area contributed by atoms with Crippen molar-refractivity contribution >= 4 is 5.97 Å². The van der Waals surface area contributed by atoms with Crippen molar-refractivity contribution in [3.05, 3.63) is 35.4 Å². The number of hydrogen-bond acceptors (Lipinski definition) is 2. The van der Waals surface area contributed by atoms with Gasteiger partial charge in [-0.1, -0.05) is 24.3 Å². The fourth-order valence-electron chi connectivity index (χ4n) is 0.802. The van der Waals surface area contributed by atoms with Crippen molar-refractivity contribution in [2.45, 2.75) is 6.92 Å². The molecule has 0 bridgehead atoms. The van der Waals surface area contributed by atoms with Crippen LogP contribution in [0.5, 0.6) is 0 Å². The van der Waals surface area contributed by atoms with E-state index in [1.54, 1.807) is 25.1 Å². The molecule has 0 atom stereocenters. The number of benzene rings is 1. The van der Waals surface area contributed by atoms with Gasteiger partial charge in [0, 0.05) is 5.56 Å². The number of aromatic carboxylic acids is 1. The van der Waals surface area contributed by atoms with Crippen molar-refractivity contribution in [2.24, 2.45) is 0 Å². The molecule has 0 aliphatic carbocycles. The predicted octanol–water partition coefficient (Wildman–Crippen LogP) is 0.356. The van der Waals surface area contributed by atoms with Gasteiger partial charge < -0.3 is 9.90 Å². The standard InChI is InChI=1S/C8H8O2.Zn/c1-6-4-2-3-5-7(6)8(9)10;/h2-5H,1H3,(H,9,10);/q;+2/p-1. The van der Waals surface area contributed by atoms with Crippen LogP contribution in [0.15, 0.2) is 24.3 Å². The molecule has 0 amide bonds. The summed E-state index contributed by atoms with van der Waals surface area (Å²) in [7, 11) is 0. The third kappa shape index (κ3) is 2.43. The Labute approximate surface area is 78.0 Å². The molecule has 2 nitrogen and oxygen atoms in total. The number of rotatable bonds is 1. The van der Waals surface area contributed by atoms with Gasteiger partial charge in [-0.05, 0) is 12.5 Å². The molecular formula is C8H7O2Zn+. The van der Waals surface area contributed by atoms with Gasteiger partial charge >= 0.3 is 19.5 Å². The number of carbonyl (C=O) groups is 1. The van der Waals surface area contributed by atoms with E-state index in [4.69, 9.17) is 0 Å². The van der Waals surface area contributed by atoms with Gasteiger partial charge in [0.25, 0.3) is 0 Å². The Morgan fingerprint density at radius 1 is 1.36 bits per heavy atom. The van der Waals surface area contributed by atoms with Crippen molar-refractivity contribution in [2.75, 3.05) is 0 Å². The van der Waals surface area contributed by atoms with E-state index in [0.29, 0.717) is 0 Å². The van der Waals surface area contributed by atoms with E-state index in [9.17, 15) is 9.90 Å². The first kappa shape index (κ1) is 10.3. The van der Waals surface area contributed by atoms with E-state index >= 15 is 0 Å². The van der Waals surface area contributed by atoms with E-state index in [1.165, 1.54) is 6.07 Å². The fraction of sp³-hybridized carbons (Fsp3) is 0.125. The largest absolute Gasteiger partial charge is 2.00 e. The van der Waals surface area contributed by atoms with E-state index in [-0.39, 0.29) is 25.0 Å². The van der Waals surface area contributed by atoms with Crippen LogP contribution in [0.2, 0.25) is 0 Å². The Hall–Kier alpha value is -0.687. The third-order valence-electron chi connectivity index (χ3n) is 1.36. The molecule has 1 aromatic rings. The Morgan fingerprint density at radius 3 is 2.27 bits per heavy atom. The Kier molecular flexibility index (Phi) is 3.98. The zero-order valence-corrected chi connectivity index (χ0v) is 9.30. The number of carboxylic acids is 1. The maximum absolute atomic E-state index is 10.3. The summed E-state index contributed by atoms with van der Waals surface area (Å²) in [4.78, 5) is 10.3. The average Bonchev–Trinajstić information content (AvgIpc) is 1.88. The molecule has 0 aromatic heterocycles. The van der Waals surface area contributed by atoms with E-state index in [2.05, 4.69) is 0 Å². The van der Waals surface area contributed by atoms with Crippen LogP contribution in [0.4, 0.5) is 0 Å². The van der Waals surface area contributed by atoms with E-state index in [0.717, 1.165) is 5.56 Å². The predicted molar refractivity (Wildman–Crippen MR) is 35.5 cm³/mol. The molecule has 0 N–H and O–H groups in total. The minimum absolute atomic E-state index is 0. The van der Waals surface area contributed by atoms with Gasteiger partial charge in [-0.15, -0.1) is 0 Å². The molecule has 0 aliphatic heterocycles. The Bertz CT molecular complexity index is 258. The van der Waals surface area contributed by atoms with E-state index in [1.807, 2.05) is 0 Å². The minimum Gasteiger partial charge on any atom is -0.545 e. The molecule has 1 rings (SSSR count). The monoisotopic (exact) mass is 199 g/mol. The van der Waals surface area contributed by atoms with Crippen LogP contribution in [0, 0.1) is 6.92 Å². The van der Waals surface area contributed by atoms with Crippen molar-refractivity contribution < 1.29 is 29.4 Å². The first-order valence-corrected chi connectivity index (χ1v) is 2.99. The number of hydrogen-bond donors (Lipinski definition) is 0. The molecule has 3 heteroatoms. The van der Waals surface area contributed by atoms with Crippen LogP contribution in [-0.2, 0) is 19.5 Å². The summed E-state index contributed by atoms with van der Waals surface area (Å²) in [5.41, 5.74) is 1.00. The third-order valence-corrected chi connectivity index (χ3v) is 1.36. The van der Waals surface area contributed by atoms with Crippen molar-refractivity contribution in [1.29, 1.82) is 0 Å². The SMILES string of the molecule is Cc1ccccc1C(=O)[O-].[Zn+2]. The van der Waals surface area contributed by atoms with Gasteiger partial charge in [0.2, 0.25) is 0 Å². The number of carbonyl (C=O) groups excluding carboxylic acids is 1. The summed E-state index contributed by atoms with van der Waals surface area (Å²) in [5, 5.41) is 10.3. The smallest absolute Gasteiger partial charge is 0.545 e. The number of carboxylic acid groups (broad SMARTS) is 1. The maximum Gasteiger partial charge on any atom is 2.00 e. The molecule has 0 saturated heterocycles. The van der Waals surface area contributed by atoms with Gasteiger partial charge in [-0.25, -0.2) is 0 Å². The zero-order valence-electron chi connectivity index (χ0n) is 6.33. The van der Waals surface area contributed by atoms with Crippen LogP contribution in [0.1, 0.15) is 15.9 Å². The van der Waals surface area contributed by atoms with Gasteiger partial charge in [0.1, 0.15) is 0 Å². The molecule has 0 heterocycles. The summed E-state index contributed by atoms with van der Waals surface area (Å²) in [5.74, 6) is -1.11. The van der Waals surface area contributed by atoms with Crippen LogP contribution in [0.3, 0.4) is 0 Å². The second-order valence-corrected chi connectivity index (χ2v) is 2.10. The van der Waals surface area contributed by atoms with Crippen LogP contribution >= 0.6 is 0 Å². The van der Waals surface area contributed by atoms with Gasteiger partial charge in [-0.3, -0.25) is 0 Å². The molecule has 11 heavy (non-hydrogen) atoms. The first-order valence-electron chi connectivity index (χ1n) is 2.99. The Morgan fingerprint density at radius 2 is 1.91 bits per heavy atom. The van der Waals surface area contributed by atoms with Crippen LogP contribution in [0.25, 0.3) is 0 Å². The van der Waals surface area contributed by atoms with E-state index < -0.39 is 5.97 Å². The normalized spacial score (nSPS) is 8.45. The topological polar surface area (TPSA) is 40.1 Å². The van der Waals surface area contributed by atoms with Gasteiger partial charge in [0.05, 0.1) is 5.97 Å². The molecule has 0 saturated carbocycles. The summed E-state index contributed by atoms with van der Waals surface area (Å²) in [6.45, 7) is 1.74. The molecule has 0 aliphatic rings. The molecule has 0 unspecified atom stereocenters. The zero-order chi connectivity index (χ0) is 7.56. The van der Waals surface area contributed by atoms with Crippen molar-refractivity contribution in [1.82, 2.24) is 0 Å². The minimum atomic E-state index is -1.11. The quantitative estimate of drug-likeness (QED) is 0.614. The summed E-state index contributed by atoms with van der Waals surface area (Å²) in [6.07, 6.45) is 0. The van der Waals surface area contributed by atoms with Crippen molar-refractivity contribution in [3.63, 3.8) is 0 Å². The van der Waals surface area contributed by atoms with Crippen LogP contribution in [-0.4, -0.2) is 5.97 Å². The molecular weight excluding hydrogens is 193 g/mol. The second kappa shape index (κ2) is 4.25. The molecule has 0 radical (unpaired) electrons. The average molecular weight is 201 g/mol. The van der Waals surface area contributed by atoms with Gasteiger partial charge in [-0.2, -0.15) is 0 Å². The Balaban J connectivity index is 0.000001000. The first-order chi connectivity index (χ1) is 4.72. The van der Waals surface area contributed by atoms with Crippen molar-refractivity contribution in [3.8, 4) is 0 Å². The molecule has 0 fully saturated rings.